The van der Waals surface area contributed by atoms with Crippen molar-refractivity contribution in [3.05, 3.63) is 0 Å². The molecule has 0 saturated carbocycles. The third kappa shape index (κ3) is 9.99. The van der Waals surface area contributed by atoms with Crippen molar-refractivity contribution in [3.8, 4) is 0 Å². The number of nitrogens with zero attached hydrogens (tertiary/aromatic N) is 1. The Kier molecular flexibility index (Phi) is 11.3. The fraction of sp³-hybridized carbons (Fsp3) is 0.800. The molecular formula is C25H42N2O8S. The second-order valence-electron chi connectivity index (χ2n) is 11.3. The minimum atomic E-state index is -1.03. The summed E-state index contributed by atoms with van der Waals surface area (Å²) in [6.07, 6.45) is 1.14. The first-order valence-corrected chi connectivity index (χ1v) is 13.1. The van der Waals surface area contributed by atoms with Crippen LogP contribution in [-0.4, -0.2) is 76.1 Å². The summed E-state index contributed by atoms with van der Waals surface area (Å²) in [7, 11) is 1.22. The summed E-state index contributed by atoms with van der Waals surface area (Å²) < 4.78 is 15.6. The Morgan fingerprint density at radius 1 is 1.00 bits per heavy atom. The Morgan fingerprint density at radius 2 is 1.56 bits per heavy atom. The van der Waals surface area contributed by atoms with Crippen molar-refractivity contribution in [1.29, 1.82) is 0 Å². The van der Waals surface area contributed by atoms with Crippen LogP contribution in [0.25, 0.3) is 0 Å². The van der Waals surface area contributed by atoms with Gasteiger partial charge in [-0.25, -0.2) is 9.59 Å². The van der Waals surface area contributed by atoms with Crippen molar-refractivity contribution in [2.24, 2.45) is 5.92 Å². The zero-order valence-electron chi connectivity index (χ0n) is 23.0. The molecule has 1 aliphatic heterocycles. The van der Waals surface area contributed by atoms with E-state index in [-0.39, 0.29) is 18.6 Å². The molecule has 36 heavy (non-hydrogen) atoms. The third-order valence-electron chi connectivity index (χ3n) is 5.44. The van der Waals surface area contributed by atoms with Gasteiger partial charge in [0.1, 0.15) is 29.2 Å². The number of methoxy groups -OCH3 is 1. The number of hydrogen-bond acceptors (Lipinski definition) is 9. The highest BCUT2D eigenvalue weighted by Crippen LogP contribution is 2.39. The van der Waals surface area contributed by atoms with Gasteiger partial charge in [-0.2, -0.15) is 0 Å². The number of Topliss-reactive ketones (excluding diaryl/α,β-unsaturated/α-hetero) is 1. The van der Waals surface area contributed by atoms with E-state index in [1.54, 1.807) is 41.5 Å². The fourth-order valence-electron chi connectivity index (χ4n) is 3.75. The number of alkyl carbamates (subject to hydrolysis) is 1. The molecule has 1 fully saturated rings. The molecule has 0 radical (unpaired) electrons. The van der Waals surface area contributed by atoms with Gasteiger partial charge in [-0.15, -0.1) is 11.8 Å². The Hall–Kier alpha value is -2.30. The lowest BCUT2D eigenvalue weighted by Crippen LogP contribution is -2.48. The number of hydrogen-bond donors (Lipinski definition) is 1. The maximum Gasteiger partial charge on any atom is 0.408 e. The van der Waals surface area contributed by atoms with Gasteiger partial charge >= 0.3 is 18.0 Å². The smallest absolute Gasteiger partial charge is 0.408 e. The van der Waals surface area contributed by atoms with Gasteiger partial charge in [-0.1, -0.05) is 12.8 Å². The number of ketones is 1. The van der Waals surface area contributed by atoms with Crippen LogP contribution in [0, 0.1) is 5.92 Å². The third-order valence-corrected chi connectivity index (χ3v) is 6.84. The monoisotopic (exact) mass is 530 g/mol. The Labute approximate surface area is 218 Å². The topological polar surface area (TPSA) is 128 Å². The standard InChI is InChI=1S/C25H42N2O8S/c1-23(2,3)34-21(31)17(26-22(32)35-24(4,5)6)13-11-10-12-16(20(30)33-9)19(29)18-14-36-25(7,8)27(18)15-28/h15-18H,10-14H2,1-9H3,(H,26,32)/t16?,17-,18?/m0/s1. The zero-order chi connectivity index (χ0) is 27.9. The van der Waals surface area contributed by atoms with Gasteiger partial charge in [0.25, 0.3) is 0 Å². The maximum absolute atomic E-state index is 13.2. The average molecular weight is 531 g/mol. The summed E-state index contributed by atoms with van der Waals surface area (Å²) in [5.41, 5.74) is -1.48. The largest absolute Gasteiger partial charge is 0.468 e. The van der Waals surface area contributed by atoms with E-state index >= 15 is 0 Å². The molecule has 0 spiro atoms. The first kappa shape index (κ1) is 31.7. The quantitative estimate of drug-likeness (QED) is 0.140. The molecular weight excluding hydrogens is 488 g/mol. The first-order chi connectivity index (χ1) is 16.4. The van der Waals surface area contributed by atoms with Gasteiger partial charge in [-0.05, 0) is 68.2 Å². The molecule has 11 heteroatoms. The van der Waals surface area contributed by atoms with Crippen LogP contribution < -0.4 is 5.32 Å². The predicted molar refractivity (Wildman–Crippen MR) is 136 cm³/mol. The predicted octanol–water partition coefficient (Wildman–Crippen LogP) is 3.45. The number of thioether (sulfide) groups is 1. The molecule has 206 valence electrons. The molecule has 0 aromatic carbocycles. The van der Waals surface area contributed by atoms with E-state index in [1.807, 2.05) is 13.8 Å². The highest BCUT2D eigenvalue weighted by molar-refractivity contribution is 8.00. The number of unbranched alkanes of at least 4 members (excludes halogenated alkanes) is 1. The van der Waals surface area contributed by atoms with Crippen LogP contribution in [0.1, 0.15) is 81.1 Å². The number of esters is 2. The number of amides is 2. The van der Waals surface area contributed by atoms with Gasteiger partial charge in [0.15, 0.2) is 5.78 Å². The van der Waals surface area contributed by atoms with Gasteiger partial charge in [-0.3, -0.25) is 14.4 Å². The van der Waals surface area contributed by atoms with Crippen LogP contribution in [0.4, 0.5) is 4.79 Å². The number of ether oxygens (including phenoxy) is 3. The number of carbonyl (C=O) groups is 5. The van der Waals surface area contributed by atoms with E-state index in [0.29, 0.717) is 25.0 Å². The van der Waals surface area contributed by atoms with Crippen molar-refractivity contribution in [2.75, 3.05) is 12.9 Å². The molecule has 2 amide bonds. The molecule has 1 heterocycles. The Bertz CT molecular complexity index is 816. The van der Waals surface area contributed by atoms with E-state index in [0.717, 1.165) is 0 Å². The van der Waals surface area contributed by atoms with E-state index in [9.17, 15) is 24.0 Å². The zero-order valence-corrected chi connectivity index (χ0v) is 23.8. The van der Waals surface area contributed by atoms with Crippen molar-refractivity contribution < 1.29 is 38.2 Å². The molecule has 1 aliphatic rings. The lowest BCUT2D eigenvalue weighted by molar-refractivity contribution is -0.158. The maximum atomic E-state index is 13.2. The lowest BCUT2D eigenvalue weighted by atomic mass is 9.91. The number of carbonyl (C=O) groups excluding carboxylic acids is 5. The highest BCUT2D eigenvalue weighted by atomic mass is 32.2. The van der Waals surface area contributed by atoms with E-state index < -0.39 is 52.1 Å². The van der Waals surface area contributed by atoms with Crippen molar-refractivity contribution in [1.82, 2.24) is 10.2 Å². The van der Waals surface area contributed by atoms with Gasteiger partial charge in [0.2, 0.25) is 6.41 Å². The second-order valence-corrected chi connectivity index (χ2v) is 12.9. The summed E-state index contributed by atoms with van der Waals surface area (Å²) in [5, 5.41) is 2.57. The minimum Gasteiger partial charge on any atom is -0.468 e. The summed E-state index contributed by atoms with van der Waals surface area (Å²) in [4.78, 5) is 63.1. The normalized spacial score (nSPS) is 19.1. The number of rotatable bonds is 11. The summed E-state index contributed by atoms with van der Waals surface area (Å²) in [5.74, 6) is -2.24. The molecule has 1 N–H and O–H groups in total. The molecule has 1 rings (SSSR count). The molecule has 0 aromatic rings. The summed E-state index contributed by atoms with van der Waals surface area (Å²) >= 11 is 1.47. The summed E-state index contributed by atoms with van der Waals surface area (Å²) in [6.45, 7) is 14.0. The van der Waals surface area contributed by atoms with Gasteiger partial charge in [0, 0.05) is 5.75 Å². The minimum absolute atomic E-state index is 0.188. The van der Waals surface area contributed by atoms with Crippen LogP contribution in [0.2, 0.25) is 0 Å². The second kappa shape index (κ2) is 12.8. The van der Waals surface area contributed by atoms with Crippen molar-refractivity contribution in [3.63, 3.8) is 0 Å². The Balaban J connectivity index is 2.86. The lowest BCUT2D eigenvalue weighted by Gasteiger charge is -2.31. The van der Waals surface area contributed by atoms with Crippen LogP contribution in [0.15, 0.2) is 0 Å². The van der Waals surface area contributed by atoms with Gasteiger partial charge in [0.05, 0.1) is 12.0 Å². The van der Waals surface area contributed by atoms with Crippen LogP contribution in [0.5, 0.6) is 0 Å². The fourth-order valence-corrected chi connectivity index (χ4v) is 4.96. The van der Waals surface area contributed by atoms with E-state index in [2.05, 4.69) is 5.32 Å². The van der Waals surface area contributed by atoms with Crippen molar-refractivity contribution in [2.45, 2.75) is 109 Å². The highest BCUT2D eigenvalue weighted by Gasteiger charge is 2.46. The first-order valence-electron chi connectivity index (χ1n) is 12.1. The SMILES string of the molecule is COC(=O)C(CCCC[C@H](NC(=O)OC(C)(C)C)C(=O)OC(C)(C)C)C(=O)C1CSC(C)(C)N1C=O. The molecule has 2 unspecified atom stereocenters. The van der Waals surface area contributed by atoms with Gasteiger partial charge < -0.3 is 24.4 Å². The van der Waals surface area contributed by atoms with Crippen LogP contribution >= 0.6 is 11.8 Å². The van der Waals surface area contributed by atoms with Crippen LogP contribution in [-0.2, 0) is 33.4 Å². The molecule has 0 bridgehead atoms. The van der Waals surface area contributed by atoms with Crippen LogP contribution in [0.3, 0.4) is 0 Å². The molecule has 1 saturated heterocycles. The van der Waals surface area contributed by atoms with E-state index in [1.165, 1.54) is 23.8 Å². The summed E-state index contributed by atoms with van der Waals surface area (Å²) in [6, 6.07) is -1.67. The molecule has 0 aromatic heterocycles. The molecule has 3 atom stereocenters. The molecule has 10 nitrogen and oxygen atoms in total. The molecule has 0 aliphatic carbocycles. The van der Waals surface area contributed by atoms with E-state index in [4.69, 9.17) is 14.2 Å². The average Bonchev–Trinajstić information content (AvgIpc) is 3.03. The van der Waals surface area contributed by atoms with Crippen molar-refractivity contribution >= 4 is 42.0 Å². The Morgan fingerprint density at radius 3 is 2.06 bits per heavy atom. The number of nitrogens with one attached hydrogen (secondary N) is 1.